The van der Waals surface area contributed by atoms with Crippen LogP contribution in [0.4, 0.5) is 10.5 Å². The zero-order chi connectivity index (χ0) is 18.8. The van der Waals surface area contributed by atoms with Crippen LogP contribution in [0.2, 0.25) is 0 Å². The van der Waals surface area contributed by atoms with Crippen molar-refractivity contribution in [1.82, 2.24) is 0 Å². The maximum atomic E-state index is 12.4. The van der Waals surface area contributed by atoms with Crippen molar-refractivity contribution in [3.63, 3.8) is 0 Å². The van der Waals surface area contributed by atoms with Crippen molar-refractivity contribution in [2.45, 2.75) is 19.4 Å². The lowest BCUT2D eigenvalue weighted by atomic mass is 9.94. The average molecular weight is 359 g/mol. The number of hydrogen-bond donors (Lipinski definition) is 3. The summed E-state index contributed by atoms with van der Waals surface area (Å²) < 4.78 is 11.2. The van der Waals surface area contributed by atoms with E-state index in [0.29, 0.717) is 23.4 Å². The molecule has 0 heterocycles. The summed E-state index contributed by atoms with van der Waals surface area (Å²) in [6.45, 7) is 1.93. The second-order valence-corrected chi connectivity index (χ2v) is 5.92. The molecule has 6 heteroatoms. The number of carbonyl (C=O) groups excluding carboxylic acids is 1. The number of para-hydroxylation sites is 2. The third kappa shape index (κ3) is 5.75. The Morgan fingerprint density at radius 1 is 1.04 bits per heavy atom. The summed E-state index contributed by atoms with van der Waals surface area (Å²) in [5.41, 5.74) is 1.33. The van der Waals surface area contributed by atoms with Crippen LogP contribution < -0.4 is 10.1 Å². The molecule has 0 aliphatic carbocycles. The van der Waals surface area contributed by atoms with E-state index in [9.17, 15) is 9.90 Å². The molecule has 3 N–H and O–H groups in total. The van der Waals surface area contributed by atoms with Gasteiger partial charge in [0.15, 0.2) is 0 Å². The second-order valence-electron chi connectivity index (χ2n) is 5.92. The fourth-order valence-corrected chi connectivity index (χ4v) is 2.63. The van der Waals surface area contributed by atoms with Crippen LogP contribution in [0, 0.1) is 5.92 Å². The fraction of sp³-hybridized carbons (Fsp3) is 0.350. The van der Waals surface area contributed by atoms with Crippen molar-refractivity contribution in [3.05, 3.63) is 60.2 Å². The minimum absolute atomic E-state index is 0.0129. The van der Waals surface area contributed by atoms with Gasteiger partial charge in [-0.2, -0.15) is 0 Å². The SMILES string of the molecule is C[C@H](CCO)[C@H](OC(=O)Nc1ccccc1)c1ccccc1OCCO. The zero-order valence-corrected chi connectivity index (χ0v) is 14.8. The first kappa shape index (κ1) is 19.8. The summed E-state index contributed by atoms with van der Waals surface area (Å²) in [4.78, 5) is 12.4. The van der Waals surface area contributed by atoms with Crippen molar-refractivity contribution < 1.29 is 24.5 Å². The average Bonchev–Trinajstić information content (AvgIpc) is 2.66. The third-order valence-electron chi connectivity index (χ3n) is 3.93. The van der Waals surface area contributed by atoms with Crippen molar-refractivity contribution in [1.29, 1.82) is 0 Å². The molecular formula is C20H25NO5. The van der Waals surface area contributed by atoms with Gasteiger partial charge in [-0.1, -0.05) is 43.3 Å². The molecule has 0 fully saturated rings. The molecule has 2 atom stereocenters. The quantitative estimate of drug-likeness (QED) is 0.639. The van der Waals surface area contributed by atoms with Gasteiger partial charge in [0, 0.05) is 17.9 Å². The summed E-state index contributed by atoms with van der Waals surface area (Å²) in [6, 6.07) is 16.3. The van der Waals surface area contributed by atoms with Crippen molar-refractivity contribution in [3.8, 4) is 5.75 Å². The van der Waals surface area contributed by atoms with E-state index in [4.69, 9.17) is 14.6 Å². The Hall–Kier alpha value is -2.57. The number of amides is 1. The van der Waals surface area contributed by atoms with E-state index >= 15 is 0 Å². The van der Waals surface area contributed by atoms with E-state index < -0.39 is 12.2 Å². The standard InChI is InChI=1S/C20H25NO5/c1-15(11-12-22)19(17-9-5-6-10-18(17)25-14-13-23)26-20(24)21-16-7-3-2-4-8-16/h2-10,15,19,22-23H,11-14H2,1H3,(H,21,24)/t15-,19+/m1/s1. The van der Waals surface area contributed by atoms with Gasteiger partial charge in [0.25, 0.3) is 0 Å². The second kappa shape index (κ2) is 10.4. The van der Waals surface area contributed by atoms with Crippen LogP contribution in [0.1, 0.15) is 25.0 Å². The van der Waals surface area contributed by atoms with E-state index in [1.54, 1.807) is 18.2 Å². The van der Waals surface area contributed by atoms with E-state index in [0.717, 1.165) is 0 Å². The zero-order valence-electron chi connectivity index (χ0n) is 14.8. The van der Waals surface area contributed by atoms with E-state index in [1.807, 2.05) is 43.3 Å². The highest BCUT2D eigenvalue weighted by Crippen LogP contribution is 2.35. The van der Waals surface area contributed by atoms with Crippen LogP contribution in [0.3, 0.4) is 0 Å². The molecule has 2 aromatic carbocycles. The van der Waals surface area contributed by atoms with Crippen LogP contribution in [0.5, 0.6) is 5.75 Å². The number of nitrogens with one attached hydrogen (secondary N) is 1. The molecule has 0 bridgehead atoms. The molecule has 0 aliphatic heterocycles. The van der Waals surface area contributed by atoms with Gasteiger partial charge < -0.3 is 19.7 Å². The maximum absolute atomic E-state index is 12.4. The summed E-state index contributed by atoms with van der Waals surface area (Å²) in [6.07, 6.45) is -0.707. The predicted octanol–water partition coefficient (Wildman–Crippen LogP) is 3.37. The Morgan fingerprint density at radius 2 is 1.73 bits per heavy atom. The van der Waals surface area contributed by atoms with Gasteiger partial charge in [-0.05, 0) is 30.5 Å². The lowest BCUT2D eigenvalue weighted by Gasteiger charge is -2.26. The Bertz CT molecular complexity index is 677. The topological polar surface area (TPSA) is 88.0 Å². The molecule has 1 amide bonds. The molecule has 2 aromatic rings. The molecule has 0 aliphatic rings. The number of hydrogen-bond acceptors (Lipinski definition) is 5. The number of aliphatic hydroxyl groups is 2. The summed E-state index contributed by atoms with van der Waals surface area (Å²) in [5.74, 6) is 0.421. The maximum Gasteiger partial charge on any atom is 0.412 e. The monoisotopic (exact) mass is 359 g/mol. The molecular weight excluding hydrogens is 334 g/mol. The number of benzene rings is 2. The molecule has 140 valence electrons. The van der Waals surface area contributed by atoms with Crippen LogP contribution in [0.25, 0.3) is 0 Å². The molecule has 0 unspecified atom stereocenters. The molecule has 26 heavy (non-hydrogen) atoms. The van der Waals surface area contributed by atoms with Gasteiger partial charge in [0.2, 0.25) is 0 Å². The van der Waals surface area contributed by atoms with E-state index in [-0.39, 0.29) is 25.7 Å². The molecule has 0 radical (unpaired) electrons. The van der Waals surface area contributed by atoms with Gasteiger partial charge in [0.05, 0.1) is 6.61 Å². The molecule has 0 aromatic heterocycles. The van der Waals surface area contributed by atoms with Crippen LogP contribution >= 0.6 is 0 Å². The Kier molecular flexibility index (Phi) is 7.92. The highest BCUT2D eigenvalue weighted by atomic mass is 16.6. The van der Waals surface area contributed by atoms with Crippen LogP contribution in [-0.4, -0.2) is 36.1 Å². The van der Waals surface area contributed by atoms with Gasteiger partial charge in [0.1, 0.15) is 18.5 Å². The minimum atomic E-state index is -0.597. The van der Waals surface area contributed by atoms with Gasteiger partial charge in [-0.15, -0.1) is 0 Å². The lowest BCUT2D eigenvalue weighted by Crippen LogP contribution is -2.23. The number of anilines is 1. The van der Waals surface area contributed by atoms with Gasteiger partial charge >= 0.3 is 6.09 Å². The summed E-state index contributed by atoms with van der Waals surface area (Å²) >= 11 is 0. The van der Waals surface area contributed by atoms with Crippen molar-refractivity contribution in [2.75, 3.05) is 25.1 Å². The normalized spacial score (nSPS) is 12.9. The molecule has 2 rings (SSSR count). The van der Waals surface area contributed by atoms with E-state index in [1.165, 1.54) is 0 Å². The first-order chi connectivity index (χ1) is 12.7. The van der Waals surface area contributed by atoms with E-state index in [2.05, 4.69) is 5.32 Å². The van der Waals surface area contributed by atoms with Crippen LogP contribution in [0.15, 0.2) is 54.6 Å². The minimum Gasteiger partial charge on any atom is -0.491 e. The smallest absolute Gasteiger partial charge is 0.412 e. The van der Waals surface area contributed by atoms with Crippen molar-refractivity contribution >= 4 is 11.8 Å². The van der Waals surface area contributed by atoms with Crippen molar-refractivity contribution in [2.24, 2.45) is 5.92 Å². The first-order valence-electron chi connectivity index (χ1n) is 8.61. The molecule has 0 saturated carbocycles. The van der Waals surface area contributed by atoms with Gasteiger partial charge in [-0.3, -0.25) is 5.32 Å². The largest absolute Gasteiger partial charge is 0.491 e. The first-order valence-corrected chi connectivity index (χ1v) is 8.61. The number of aliphatic hydroxyl groups excluding tert-OH is 2. The fourth-order valence-electron chi connectivity index (χ4n) is 2.63. The Balaban J connectivity index is 2.19. The molecule has 0 saturated heterocycles. The molecule has 0 spiro atoms. The number of ether oxygens (including phenoxy) is 2. The predicted molar refractivity (Wildman–Crippen MR) is 99.2 cm³/mol. The Morgan fingerprint density at radius 3 is 2.42 bits per heavy atom. The lowest BCUT2D eigenvalue weighted by molar-refractivity contribution is 0.0641. The number of carbonyl (C=O) groups is 1. The highest BCUT2D eigenvalue weighted by Gasteiger charge is 2.26. The third-order valence-corrected chi connectivity index (χ3v) is 3.93. The number of rotatable bonds is 9. The summed E-state index contributed by atoms with van der Waals surface area (Å²) in [7, 11) is 0. The van der Waals surface area contributed by atoms with Crippen LogP contribution in [-0.2, 0) is 4.74 Å². The Labute approximate surface area is 153 Å². The highest BCUT2D eigenvalue weighted by molar-refractivity contribution is 5.84. The van der Waals surface area contributed by atoms with Gasteiger partial charge in [-0.25, -0.2) is 4.79 Å². The summed E-state index contributed by atoms with van der Waals surface area (Å²) in [5, 5.41) is 21.0. The molecule has 6 nitrogen and oxygen atoms in total.